The summed E-state index contributed by atoms with van der Waals surface area (Å²) in [5, 5.41) is 7.74. The highest BCUT2D eigenvalue weighted by Gasteiger charge is 2.32. The number of carbonyl (C=O) groups excluding carboxylic acids is 1. The molecule has 0 saturated carbocycles. The molecule has 2 aromatic rings. The number of amides is 1. The van der Waals surface area contributed by atoms with Crippen molar-refractivity contribution in [1.82, 2.24) is 15.1 Å². The van der Waals surface area contributed by atoms with Crippen LogP contribution in [0.2, 0.25) is 5.02 Å². The van der Waals surface area contributed by atoms with Gasteiger partial charge in [-0.3, -0.25) is 9.48 Å². The van der Waals surface area contributed by atoms with Gasteiger partial charge in [-0.05, 0) is 36.8 Å². The first-order chi connectivity index (χ1) is 11.1. The maximum Gasteiger partial charge on any atom is 0.258 e. The second kappa shape index (κ2) is 7.02. The lowest BCUT2D eigenvalue weighted by Gasteiger charge is -2.20. The van der Waals surface area contributed by atoms with Crippen molar-refractivity contribution in [2.75, 3.05) is 13.2 Å². The van der Waals surface area contributed by atoms with Gasteiger partial charge in [-0.1, -0.05) is 11.6 Å². The van der Waals surface area contributed by atoms with E-state index in [1.54, 1.807) is 35.1 Å². The molecule has 1 fully saturated rings. The molecule has 1 aliphatic heterocycles. The maximum absolute atomic E-state index is 12.1. The molecule has 1 aromatic heterocycles. The zero-order chi connectivity index (χ0) is 16.2. The van der Waals surface area contributed by atoms with E-state index in [0.29, 0.717) is 17.4 Å². The van der Waals surface area contributed by atoms with Gasteiger partial charge in [-0.25, -0.2) is 0 Å². The lowest BCUT2D eigenvalue weighted by molar-refractivity contribution is -0.124. The molecule has 122 valence electrons. The molecule has 7 heteroatoms. The molecule has 2 atom stereocenters. The molecule has 23 heavy (non-hydrogen) atoms. The average Bonchev–Trinajstić information content (AvgIpc) is 3.15. The molecule has 0 unspecified atom stereocenters. The quantitative estimate of drug-likeness (QED) is 0.908. The summed E-state index contributed by atoms with van der Waals surface area (Å²) in [6, 6.07) is 8.72. The molecule has 1 aliphatic rings. The Bertz CT molecular complexity index is 671. The lowest BCUT2D eigenvalue weighted by Crippen LogP contribution is -2.40. The molecular weight excluding hydrogens is 318 g/mol. The Kier molecular flexibility index (Phi) is 4.83. The summed E-state index contributed by atoms with van der Waals surface area (Å²) in [7, 11) is 1.86. The maximum atomic E-state index is 12.1. The molecule has 0 bridgehead atoms. The predicted octanol–water partition coefficient (Wildman–Crippen LogP) is 2.10. The molecule has 0 spiro atoms. The fourth-order valence-electron chi connectivity index (χ4n) is 2.62. The van der Waals surface area contributed by atoms with Crippen LogP contribution >= 0.6 is 11.6 Å². The number of halogens is 1. The van der Waals surface area contributed by atoms with E-state index in [2.05, 4.69) is 10.4 Å². The third-order valence-electron chi connectivity index (χ3n) is 3.77. The SMILES string of the molecule is Cn1nccc1[C@H]1OCC[C@@H]1NC(=O)COc1ccc(Cl)cc1. The Hall–Kier alpha value is -2.05. The van der Waals surface area contributed by atoms with E-state index in [0.717, 1.165) is 12.1 Å². The summed E-state index contributed by atoms with van der Waals surface area (Å²) in [4.78, 5) is 12.1. The third kappa shape index (κ3) is 3.83. The number of nitrogens with zero attached hydrogens (tertiary/aromatic N) is 2. The van der Waals surface area contributed by atoms with E-state index in [1.165, 1.54) is 0 Å². The van der Waals surface area contributed by atoms with Gasteiger partial charge in [0, 0.05) is 24.9 Å². The zero-order valence-electron chi connectivity index (χ0n) is 12.7. The molecule has 0 radical (unpaired) electrons. The molecule has 1 aromatic carbocycles. The number of aromatic nitrogens is 2. The van der Waals surface area contributed by atoms with Crippen LogP contribution in [-0.4, -0.2) is 34.9 Å². The highest BCUT2D eigenvalue weighted by atomic mass is 35.5. The topological polar surface area (TPSA) is 65.4 Å². The zero-order valence-corrected chi connectivity index (χ0v) is 13.5. The number of carbonyl (C=O) groups is 1. The lowest BCUT2D eigenvalue weighted by atomic mass is 10.1. The summed E-state index contributed by atoms with van der Waals surface area (Å²) < 4.78 is 13.0. The van der Waals surface area contributed by atoms with Gasteiger partial charge in [0.15, 0.2) is 6.61 Å². The summed E-state index contributed by atoms with van der Waals surface area (Å²) in [6.07, 6.45) is 2.31. The van der Waals surface area contributed by atoms with E-state index >= 15 is 0 Å². The summed E-state index contributed by atoms with van der Waals surface area (Å²) in [5.41, 5.74) is 0.950. The van der Waals surface area contributed by atoms with Gasteiger partial charge < -0.3 is 14.8 Å². The van der Waals surface area contributed by atoms with Gasteiger partial charge >= 0.3 is 0 Å². The number of hydrogen-bond donors (Lipinski definition) is 1. The van der Waals surface area contributed by atoms with Gasteiger partial charge in [0.2, 0.25) is 0 Å². The molecule has 1 saturated heterocycles. The Labute approximate surface area is 139 Å². The van der Waals surface area contributed by atoms with Crippen molar-refractivity contribution in [1.29, 1.82) is 0 Å². The Balaban J connectivity index is 1.54. The predicted molar refractivity (Wildman–Crippen MR) is 85.4 cm³/mol. The fraction of sp³-hybridized carbons (Fsp3) is 0.375. The van der Waals surface area contributed by atoms with E-state index < -0.39 is 0 Å². The number of aryl methyl sites for hydroxylation is 1. The number of ether oxygens (including phenoxy) is 2. The number of nitrogens with one attached hydrogen (secondary N) is 1. The van der Waals surface area contributed by atoms with Gasteiger partial charge in [0.05, 0.1) is 11.7 Å². The first-order valence-corrected chi connectivity index (χ1v) is 7.78. The van der Waals surface area contributed by atoms with Crippen molar-refractivity contribution >= 4 is 17.5 Å². The van der Waals surface area contributed by atoms with Crippen LogP contribution in [0.4, 0.5) is 0 Å². The molecule has 1 N–H and O–H groups in total. The van der Waals surface area contributed by atoms with Crippen LogP contribution in [0.25, 0.3) is 0 Å². The molecular formula is C16H18ClN3O3. The van der Waals surface area contributed by atoms with Crippen LogP contribution in [0.15, 0.2) is 36.5 Å². The smallest absolute Gasteiger partial charge is 0.258 e. The average molecular weight is 336 g/mol. The third-order valence-corrected chi connectivity index (χ3v) is 4.02. The number of rotatable bonds is 5. The van der Waals surface area contributed by atoms with Crippen LogP contribution in [0.5, 0.6) is 5.75 Å². The van der Waals surface area contributed by atoms with Crippen molar-refractivity contribution in [3.8, 4) is 5.75 Å². The summed E-state index contributed by atoms with van der Waals surface area (Å²) in [6.45, 7) is 0.565. The van der Waals surface area contributed by atoms with Crippen LogP contribution in [-0.2, 0) is 16.6 Å². The Morgan fingerprint density at radius 3 is 2.91 bits per heavy atom. The van der Waals surface area contributed by atoms with E-state index in [9.17, 15) is 4.79 Å². The minimum Gasteiger partial charge on any atom is -0.484 e. The fourth-order valence-corrected chi connectivity index (χ4v) is 2.75. The minimum atomic E-state index is -0.179. The van der Waals surface area contributed by atoms with E-state index in [4.69, 9.17) is 21.1 Å². The van der Waals surface area contributed by atoms with Crippen molar-refractivity contribution < 1.29 is 14.3 Å². The van der Waals surface area contributed by atoms with Crippen molar-refractivity contribution in [3.05, 3.63) is 47.2 Å². The molecule has 0 aliphatic carbocycles. The second-order valence-corrected chi connectivity index (χ2v) is 5.81. The van der Waals surface area contributed by atoms with Gasteiger partial charge in [0.25, 0.3) is 5.91 Å². The van der Waals surface area contributed by atoms with Crippen molar-refractivity contribution in [3.63, 3.8) is 0 Å². The first-order valence-electron chi connectivity index (χ1n) is 7.41. The first kappa shape index (κ1) is 15.8. The highest BCUT2D eigenvalue weighted by Crippen LogP contribution is 2.28. The largest absolute Gasteiger partial charge is 0.484 e. The van der Waals surface area contributed by atoms with Crippen LogP contribution in [0, 0.1) is 0 Å². The molecule has 2 heterocycles. The van der Waals surface area contributed by atoms with Crippen molar-refractivity contribution in [2.24, 2.45) is 7.05 Å². The van der Waals surface area contributed by atoms with Gasteiger partial charge in [0.1, 0.15) is 11.9 Å². The normalized spacial score (nSPS) is 20.4. The van der Waals surface area contributed by atoms with Crippen molar-refractivity contribution in [2.45, 2.75) is 18.6 Å². The van der Waals surface area contributed by atoms with E-state index in [1.807, 2.05) is 13.1 Å². The molecule has 6 nitrogen and oxygen atoms in total. The molecule has 3 rings (SSSR count). The number of hydrogen-bond acceptors (Lipinski definition) is 4. The standard InChI is InChI=1S/C16H18ClN3O3/c1-20-14(6-8-18-20)16-13(7-9-22-16)19-15(21)10-23-12-4-2-11(17)3-5-12/h2-6,8,13,16H,7,9-10H2,1H3,(H,19,21)/t13-,16-/m0/s1. The van der Waals surface area contributed by atoms with Gasteiger partial charge in [-0.15, -0.1) is 0 Å². The highest BCUT2D eigenvalue weighted by molar-refractivity contribution is 6.30. The van der Waals surface area contributed by atoms with Crippen LogP contribution < -0.4 is 10.1 Å². The van der Waals surface area contributed by atoms with Crippen LogP contribution in [0.1, 0.15) is 18.2 Å². The van der Waals surface area contributed by atoms with E-state index in [-0.39, 0.29) is 24.7 Å². The summed E-state index contributed by atoms with van der Waals surface area (Å²) >= 11 is 5.81. The Morgan fingerprint density at radius 1 is 1.43 bits per heavy atom. The minimum absolute atomic E-state index is 0.0454. The monoisotopic (exact) mass is 335 g/mol. The molecule has 1 amide bonds. The Morgan fingerprint density at radius 2 is 2.22 bits per heavy atom. The van der Waals surface area contributed by atoms with Crippen LogP contribution in [0.3, 0.4) is 0 Å². The summed E-state index contributed by atoms with van der Waals surface area (Å²) in [5.74, 6) is 0.429. The second-order valence-electron chi connectivity index (χ2n) is 5.38. The number of benzene rings is 1. The van der Waals surface area contributed by atoms with Gasteiger partial charge in [-0.2, -0.15) is 5.10 Å².